The fourth-order valence-electron chi connectivity index (χ4n) is 1.98. The van der Waals surface area contributed by atoms with Crippen LogP contribution in [0.3, 0.4) is 0 Å². The number of halogens is 2. The van der Waals surface area contributed by atoms with Gasteiger partial charge >= 0.3 is 0 Å². The molecule has 0 amide bonds. The molecule has 0 aliphatic carbocycles. The molecule has 0 heterocycles. The second-order valence-corrected chi connectivity index (χ2v) is 5.12. The molecule has 0 fully saturated rings. The monoisotopic (exact) mass is 257 g/mol. The first-order chi connectivity index (χ1) is 8.02. The van der Waals surface area contributed by atoms with Crippen molar-refractivity contribution in [3.05, 3.63) is 34.6 Å². The summed E-state index contributed by atoms with van der Waals surface area (Å²) in [5, 5.41) is 0.177. The van der Waals surface area contributed by atoms with E-state index in [0.717, 1.165) is 25.7 Å². The molecule has 0 saturated heterocycles. The Hall–Kier alpha value is -0.600. The third-order valence-corrected chi connectivity index (χ3v) is 3.60. The lowest BCUT2D eigenvalue weighted by atomic mass is 9.84. The van der Waals surface area contributed by atoms with Gasteiger partial charge in [-0.1, -0.05) is 50.4 Å². The molecule has 17 heavy (non-hydrogen) atoms. The smallest absolute Gasteiger partial charge is 0.145 e. The summed E-state index contributed by atoms with van der Waals surface area (Å²) in [6.45, 7) is 4.19. The molecule has 96 valence electrons. The zero-order chi connectivity index (χ0) is 12.9. The second kappa shape index (κ2) is 6.36. The summed E-state index contributed by atoms with van der Waals surface area (Å²) in [4.78, 5) is 0. The molecule has 1 aromatic carbocycles. The summed E-state index contributed by atoms with van der Waals surface area (Å²) in [5.74, 6) is -0.325. The van der Waals surface area contributed by atoms with Crippen molar-refractivity contribution in [2.45, 2.75) is 51.5 Å². The largest absolute Gasteiger partial charge is 0.325 e. The average molecular weight is 258 g/mol. The Labute approximate surface area is 108 Å². The molecule has 0 bridgehead atoms. The Morgan fingerprint density at radius 2 is 2.06 bits per heavy atom. The fraction of sp³-hybridized carbons (Fsp3) is 0.571. The van der Waals surface area contributed by atoms with Crippen molar-refractivity contribution in [2.75, 3.05) is 0 Å². The van der Waals surface area contributed by atoms with Gasteiger partial charge in [0.15, 0.2) is 0 Å². The van der Waals surface area contributed by atoms with Crippen molar-refractivity contribution in [1.82, 2.24) is 0 Å². The van der Waals surface area contributed by atoms with Gasteiger partial charge in [0.1, 0.15) is 5.82 Å². The first-order valence-corrected chi connectivity index (χ1v) is 6.62. The van der Waals surface area contributed by atoms with E-state index < -0.39 is 0 Å². The molecule has 0 saturated carbocycles. The Morgan fingerprint density at radius 1 is 1.35 bits per heavy atom. The van der Waals surface area contributed by atoms with E-state index in [4.69, 9.17) is 17.3 Å². The van der Waals surface area contributed by atoms with Gasteiger partial charge in [0.2, 0.25) is 0 Å². The maximum Gasteiger partial charge on any atom is 0.145 e. The molecule has 0 aliphatic heterocycles. The van der Waals surface area contributed by atoms with Crippen LogP contribution in [0.15, 0.2) is 18.2 Å². The van der Waals surface area contributed by atoms with Crippen LogP contribution in [-0.4, -0.2) is 5.54 Å². The van der Waals surface area contributed by atoms with Crippen molar-refractivity contribution in [3.8, 4) is 0 Å². The normalized spacial score (nSPS) is 14.6. The summed E-state index contributed by atoms with van der Waals surface area (Å²) in [7, 11) is 0. The van der Waals surface area contributed by atoms with E-state index >= 15 is 0 Å². The van der Waals surface area contributed by atoms with Gasteiger partial charge in [-0.2, -0.15) is 0 Å². The molecule has 1 atom stereocenters. The van der Waals surface area contributed by atoms with Gasteiger partial charge in [-0.05, 0) is 30.9 Å². The van der Waals surface area contributed by atoms with E-state index in [2.05, 4.69) is 13.8 Å². The van der Waals surface area contributed by atoms with Crippen molar-refractivity contribution >= 4 is 11.6 Å². The topological polar surface area (TPSA) is 26.0 Å². The van der Waals surface area contributed by atoms with Crippen LogP contribution in [-0.2, 0) is 6.42 Å². The quantitative estimate of drug-likeness (QED) is 0.807. The Morgan fingerprint density at radius 3 is 2.65 bits per heavy atom. The van der Waals surface area contributed by atoms with Gasteiger partial charge < -0.3 is 5.73 Å². The Kier molecular flexibility index (Phi) is 5.41. The lowest BCUT2D eigenvalue weighted by Gasteiger charge is -2.28. The van der Waals surface area contributed by atoms with Crippen LogP contribution >= 0.6 is 11.6 Å². The van der Waals surface area contributed by atoms with Crippen molar-refractivity contribution in [2.24, 2.45) is 5.73 Å². The average Bonchev–Trinajstić information content (AvgIpc) is 2.33. The SMILES string of the molecule is CCCCC(N)(CC)Cc1cccc(Cl)c1F. The van der Waals surface area contributed by atoms with Crippen molar-refractivity contribution in [3.63, 3.8) is 0 Å². The zero-order valence-corrected chi connectivity index (χ0v) is 11.4. The van der Waals surface area contributed by atoms with Gasteiger partial charge in [0.25, 0.3) is 0 Å². The predicted molar refractivity (Wildman–Crippen MR) is 71.8 cm³/mol. The number of benzene rings is 1. The maximum atomic E-state index is 13.8. The second-order valence-electron chi connectivity index (χ2n) is 4.71. The molecule has 1 nitrogen and oxygen atoms in total. The molecule has 0 spiro atoms. The van der Waals surface area contributed by atoms with Gasteiger partial charge in [-0.3, -0.25) is 0 Å². The van der Waals surface area contributed by atoms with Gasteiger partial charge in [-0.15, -0.1) is 0 Å². The van der Waals surface area contributed by atoms with E-state index in [0.29, 0.717) is 12.0 Å². The summed E-state index contributed by atoms with van der Waals surface area (Å²) in [6, 6.07) is 5.11. The Bertz CT molecular complexity index is 367. The van der Waals surface area contributed by atoms with Gasteiger partial charge in [-0.25, -0.2) is 4.39 Å². The molecule has 0 radical (unpaired) electrons. The molecule has 1 aromatic rings. The van der Waals surface area contributed by atoms with Gasteiger partial charge in [0, 0.05) is 5.54 Å². The lowest BCUT2D eigenvalue weighted by molar-refractivity contribution is 0.360. The molecular weight excluding hydrogens is 237 g/mol. The number of nitrogens with two attached hydrogens (primary N) is 1. The molecule has 2 N–H and O–H groups in total. The van der Waals surface area contributed by atoms with Crippen LogP contribution < -0.4 is 5.73 Å². The van der Waals surface area contributed by atoms with Crippen molar-refractivity contribution < 1.29 is 4.39 Å². The summed E-state index contributed by atoms with van der Waals surface area (Å²) in [5.41, 5.74) is 6.63. The number of rotatable bonds is 6. The van der Waals surface area contributed by atoms with Crippen molar-refractivity contribution in [1.29, 1.82) is 0 Å². The number of hydrogen-bond donors (Lipinski definition) is 1. The number of hydrogen-bond acceptors (Lipinski definition) is 1. The first kappa shape index (κ1) is 14.5. The van der Waals surface area contributed by atoms with Crippen LogP contribution in [0, 0.1) is 5.82 Å². The third kappa shape index (κ3) is 3.97. The zero-order valence-electron chi connectivity index (χ0n) is 10.6. The highest BCUT2D eigenvalue weighted by molar-refractivity contribution is 6.30. The summed E-state index contributed by atoms with van der Waals surface area (Å²) in [6.07, 6.45) is 4.50. The predicted octanol–water partition coefficient (Wildman–Crippen LogP) is 4.32. The van der Waals surface area contributed by atoms with E-state index in [9.17, 15) is 4.39 Å². The number of unbranched alkanes of at least 4 members (excludes halogenated alkanes) is 1. The molecule has 0 aromatic heterocycles. The van der Waals surface area contributed by atoms with E-state index in [1.54, 1.807) is 18.2 Å². The molecule has 1 rings (SSSR count). The summed E-state index contributed by atoms with van der Waals surface area (Å²) < 4.78 is 13.8. The van der Waals surface area contributed by atoms with E-state index in [1.165, 1.54) is 0 Å². The standard InChI is InChI=1S/C14H21ClFN/c1-3-5-9-14(17,4-2)10-11-7-6-8-12(15)13(11)16/h6-8H,3-5,9-10,17H2,1-2H3. The Balaban J connectivity index is 2.83. The highest BCUT2D eigenvalue weighted by Gasteiger charge is 2.24. The fourth-order valence-corrected chi connectivity index (χ4v) is 2.18. The van der Waals surface area contributed by atoms with Crippen LogP contribution in [0.25, 0.3) is 0 Å². The molecular formula is C14H21ClFN. The first-order valence-electron chi connectivity index (χ1n) is 6.24. The van der Waals surface area contributed by atoms with Crippen LogP contribution in [0.2, 0.25) is 5.02 Å². The lowest BCUT2D eigenvalue weighted by Crippen LogP contribution is -2.41. The van der Waals surface area contributed by atoms with E-state index in [1.807, 2.05) is 0 Å². The summed E-state index contributed by atoms with van der Waals surface area (Å²) >= 11 is 5.77. The maximum absolute atomic E-state index is 13.8. The minimum atomic E-state index is -0.325. The van der Waals surface area contributed by atoms with Crippen LogP contribution in [0.5, 0.6) is 0 Å². The third-order valence-electron chi connectivity index (χ3n) is 3.31. The minimum absolute atomic E-state index is 0.177. The van der Waals surface area contributed by atoms with Crippen LogP contribution in [0.4, 0.5) is 4.39 Å². The van der Waals surface area contributed by atoms with Gasteiger partial charge in [0.05, 0.1) is 5.02 Å². The molecule has 3 heteroatoms. The van der Waals surface area contributed by atoms with Crippen LogP contribution in [0.1, 0.15) is 45.1 Å². The van der Waals surface area contributed by atoms with E-state index in [-0.39, 0.29) is 16.4 Å². The minimum Gasteiger partial charge on any atom is -0.325 e. The molecule has 1 unspecified atom stereocenters. The molecule has 0 aliphatic rings. The highest BCUT2D eigenvalue weighted by atomic mass is 35.5. The highest BCUT2D eigenvalue weighted by Crippen LogP contribution is 2.25.